The van der Waals surface area contributed by atoms with Gasteiger partial charge in [0.1, 0.15) is 5.82 Å². The lowest BCUT2D eigenvalue weighted by atomic mass is 9.88. The summed E-state index contributed by atoms with van der Waals surface area (Å²) in [4.78, 5) is 27.1. The van der Waals surface area contributed by atoms with Crippen LogP contribution in [-0.2, 0) is 30.6 Å². The lowest BCUT2D eigenvalue weighted by Crippen LogP contribution is -2.32. The van der Waals surface area contributed by atoms with Crippen LogP contribution in [0.3, 0.4) is 0 Å². The predicted octanol–water partition coefficient (Wildman–Crippen LogP) is 3.82. The van der Waals surface area contributed by atoms with Crippen LogP contribution in [0.4, 0.5) is 29.2 Å². The first-order valence-corrected chi connectivity index (χ1v) is 10.3. The number of alkyl halides is 3. The Morgan fingerprint density at radius 2 is 1.94 bits per heavy atom. The third-order valence-electron chi connectivity index (χ3n) is 5.52. The van der Waals surface area contributed by atoms with Crippen molar-refractivity contribution in [3.63, 3.8) is 0 Å². The highest BCUT2D eigenvalue weighted by Gasteiger charge is 2.33. The van der Waals surface area contributed by atoms with E-state index in [-0.39, 0.29) is 34.0 Å². The molecule has 0 saturated carbocycles. The highest BCUT2D eigenvalue weighted by Crippen LogP contribution is 2.40. The van der Waals surface area contributed by atoms with E-state index in [1.807, 2.05) is 0 Å². The fourth-order valence-corrected chi connectivity index (χ4v) is 4.24. The van der Waals surface area contributed by atoms with E-state index in [9.17, 15) is 18.0 Å². The Labute approximate surface area is 188 Å². The number of nitrogens with zero attached hydrogens (tertiary/aromatic N) is 3. The molecule has 1 aliphatic carbocycles. The number of halogens is 5. The molecule has 0 saturated heterocycles. The Bertz CT molecular complexity index is 1280. The maximum Gasteiger partial charge on any atom is 0.522 e. The molecule has 5 rings (SSSR count). The number of hydrogen-bond acceptors (Lipinski definition) is 6. The van der Waals surface area contributed by atoms with Gasteiger partial charge in [-0.2, -0.15) is 0 Å². The van der Waals surface area contributed by atoms with Gasteiger partial charge in [-0.15, -0.1) is 13.2 Å². The van der Waals surface area contributed by atoms with Crippen LogP contribution in [-0.4, -0.2) is 38.8 Å². The second kappa shape index (κ2) is 7.96. The van der Waals surface area contributed by atoms with E-state index in [0.717, 1.165) is 17.5 Å². The number of carbonyl (C=O) groups is 1. The first-order valence-electron chi connectivity index (χ1n) is 9.90. The predicted molar refractivity (Wildman–Crippen MR) is 109 cm³/mol. The molecule has 1 amide bonds. The normalized spacial score (nSPS) is 14.9. The maximum absolute atomic E-state index is 15.7. The molecule has 3 N–H and O–H groups in total. The lowest BCUT2D eigenvalue weighted by molar-refractivity contribution is -0.330. The summed E-state index contributed by atoms with van der Waals surface area (Å²) in [5, 5.41) is 5.15. The standard InChI is InChI=1S/C20H15ClF4N6O2/c21-19-28-6-9(7-33-20(23,24)25)16(31-19)30-17-14(22)12-8(5-27-17)1-2-10-13-11(29-15(10)12)3-4-26-18(13)32/h5-6,29H,1-4,7H2,(H,26,32)(H,27,28,30,31). The van der Waals surface area contributed by atoms with Crippen LogP contribution in [0.2, 0.25) is 5.28 Å². The van der Waals surface area contributed by atoms with Gasteiger partial charge in [0, 0.05) is 42.2 Å². The minimum Gasteiger partial charge on any atom is -0.357 e. The van der Waals surface area contributed by atoms with E-state index in [4.69, 9.17) is 11.6 Å². The van der Waals surface area contributed by atoms with E-state index >= 15 is 4.39 Å². The van der Waals surface area contributed by atoms with Crippen molar-refractivity contribution in [1.29, 1.82) is 0 Å². The number of ether oxygens (including phenoxy) is 1. The molecule has 3 aromatic rings. The van der Waals surface area contributed by atoms with Crippen LogP contribution in [0.5, 0.6) is 0 Å². The Morgan fingerprint density at radius 3 is 2.73 bits per heavy atom. The quantitative estimate of drug-likeness (QED) is 0.386. The summed E-state index contributed by atoms with van der Waals surface area (Å²) in [6.07, 6.45) is -0.706. The van der Waals surface area contributed by atoms with Crippen LogP contribution < -0.4 is 10.6 Å². The Balaban J connectivity index is 1.54. The number of anilines is 2. The smallest absolute Gasteiger partial charge is 0.357 e. The van der Waals surface area contributed by atoms with E-state index in [2.05, 4.69) is 35.3 Å². The van der Waals surface area contributed by atoms with Crippen molar-refractivity contribution < 1.29 is 27.1 Å². The van der Waals surface area contributed by atoms with Crippen LogP contribution in [0.15, 0.2) is 12.4 Å². The minimum atomic E-state index is -4.87. The van der Waals surface area contributed by atoms with Gasteiger partial charge in [0.25, 0.3) is 5.91 Å². The van der Waals surface area contributed by atoms with Gasteiger partial charge < -0.3 is 15.6 Å². The molecule has 0 fully saturated rings. The molecule has 172 valence electrons. The molecule has 13 heteroatoms. The van der Waals surface area contributed by atoms with Crippen molar-refractivity contribution in [3.8, 4) is 11.3 Å². The number of rotatable bonds is 4. The number of pyridine rings is 1. The Kier molecular flexibility index (Phi) is 5.20. The Morgan fingerprint density at radius 1 is 1.12 bits per heavy atom. The maximum atomic E-state index is 15.7. The van der Waals surface area contributed by atoms with Crippen molar-refractivity contribution in [3.05, 3.63) is 51.4 Å². The average molecular weight is 483 g/mol. The molecular weight excluding hydrogens is 468 g/mol. The molecular formula is C20H15ClF4N6O2. The number of aryl methyl sites for hydroxylation is 1. The van der Waals surface area contributed by atoms with Gasteiger partial charge in [-0.3, -0.25) is 9.53 Å². The van der Waals surface area contributed by atoms with Crippen molar-refractivity contribution in [2.24, 2.45) is 0 Å². The average Bonchev–Trinajstić information content (AvgIpc) is 3.14. The number of hydrogen-bond donors (Lipinski definition) is 3. The zero-order valence-corrected chi connectivity index (χ0v) is 17.5. The molecule has 33 heavy (non-hydrogen) atoms. The highest BCUT2D eigenvalue weighted by molar-refractivity contribution is 6.28. The summed E-state index contributed by atoms with van der Waals surface area (Å²) in [6, 6.07) is 0. The Hall–Kier alpha value is -3.25. The van der Waals surface area contributed by atoms with E-state index < -0.39 is 18.8 Å². The number of aromatic nitrogens is 4. The van der Waals surface area contributed by atoms with Gasteiger partial charge in [0.15, 0.2) is 11.6 Å². The zero-order chi connectivity index (χ0) is 23.3. The molecule has 8 nitrogen and oxygen atoms in total. The summed E-state index contributed by atoms with van der Waals surface area (Å²) in [7, 11) is 0. The first-order chi connectivity index (χ1) is 15.7. The third-order valence-corrected chi connectivity index (χ3v) is 5.71. The monoisotopic (exact) mass is 482 g/mol. The SMILES string of the molecule is O=C1NCCc2[nH]c3c(c21)CCc1cnc(Nc2nc(Cl)ncc2COC(F)(F)F)c(F)c1-3. The van der Waals surface area contributed by atoms with E-state index in [1.165, 1.54) is 6.20 Å². The number of amides is 1. The van der Waals surface area contributed by atoms with Gasteiger partial charge >= 0.3 is 6.36 Å². The molecule has 2 aliphatic rings. The van der Waals surface area contributed by atoms with Gasteiger partial charge in [-0.1, -0.05) is 0 Å². The number of carbonyl (C=O) groups excluding carboxylic acids is 1. The summed E-state index contributed by atoms with van der Waals surface area (Å²) in [5.74, 6) is -1.37. The summed E-state index contributed by atoms with van der Waals surface area (Å²) >= 11 is 5.78. The number of nitrogens with one attached hydrogen (secondary N) is 3. The summed E-state index contributed by atoms with van der Waals surface area (Å²) in [6.45, 7) is -0.418. The molecule has 0 unspecified atom stereocenters. The van der Waals surface area contributed by atoms with Crippen LogP contribution in [0.25, 0.3) is 11.3 Å². The van der Waals surface area contributed by atoms with Crippen molar-refractivity contribution in [1.82, 2.24) is 25.3 Å². The molecule has 0 radical (unpaired) electrons. The molecule has 4 heterocycles. The van der Waals surface area contributed by atoms with Gasteiger partial charge in [-0.05, 0) is 35.6 Å². The second-order valence-corrected chi connectivity index (χ2v) is 7.87. The molecule has 0 bridgehead atoms. The van der Waals surface area contributed by atoms with Gasteiger partial charge in [0.2, 0.25) is 5.28 Å². The number of aromatic amines is 1. The topological polar surface area (TPSA) is 105 Å². The van der Waals surface area contributed by atoms with Crippen molar-refractivity contribution in [2.45, 2.75) is 32.2 Å². The fourth-order valence-electron chi connectivity index (χ4n) is 4.11. The first kappa shape index (κ1) is 21.6. The molecule has 1 aliphatic heterocycles. The molecule has 3 aromatic heterocycles. The highest BCUT2D eigenvalue weighted by atomic mass is 35.5. The van der Waals surface area contributed by atoms with E-state index in [0.29, 0.717) is 42.6 Å². The molecule has 0 atom stereocenters. The minimum absolute atomic E-state index is 0.0941. The molecule has 0 spiro atoms. The second-order valence-electron chi connectivity index (χ2n) is 7.53. The van der Waals surface area contributed by atoms with Crippen LogP contribution in [0, 0.1) is 5.82 Å². The van der Waals surface area contributed by atoms with Crippen LogP contribution >= 0.6 is 11.6 Å². The third kappa shape index (κ3) is 4.00. The summed E-state index contributed by atoms with van der Waals surface area (Å²) < 4.78 is 56.9. The summed E-state index contributed by atoms with van der Waals surface area (Å²) in [5.41, 5.74) is 3.33. The van der Waals surface area contributed by atoms with Crippen molar-refractivity contribution in [2.75, 3.05) is 11.9 Å². The fraction of sp³-hybridized carbons (Fsp3) is 0.300. The van der Waals surface area contributed by atoms with Gasteiger partial charge in [0.05, 0.1) is 17.9 Å². The van der Waals surface area contributed by atoms with Crippen LogP contribution in [0.1, 0.15) is 32.7 Å². The van der Waals surface area contributed by atoms with Crippen molar-refractivity contribution >= 4 is 29.1 Å². The van der Waals surface area contributed by atoms with E-state index in [1.54, 1.807) is 0 Å². The largest absolute Gasteiger partial charge is 0.522 e. The molecule has 0 aromatic carbocycles. The number of fused-ring (bicyclic) bond motifs is 5. The lowest BCUT2D eigenvalue weighted by Gasteiger charge is -2.20. The number of H-pyrrole nitrogens is 1. The van der Waals surface area contributed by atoms with Gasteiger partial charge in [-0.25, -0.2) is 19.3 Å². The zero-order valence-electron chi connectivity index (χ0n) is 16.7.